The molecule has 0 bridgehead atoms. The molecule has 0 radical (unpaired) electrons. The Labute approximate surface area is 156 Å². The van der Waals surface area contributed by atoms with Gasteiger partial charge in [-0.25, -0.2) is 23.2 Å². The maximum absolute atomic E-state index is 13.9. The highest BCUT2D eigenvalue weighted by Crippen LogP contribution is 2.29. The minimum atomic E-state index is -1.39. The summed E-state index contributed by atoms with van der Waals surface area (Å²) < 4.78 is 28.4. The zero-order chi connectivity index (χ0) is 19.6. The molecule has 2 aromatic heterocycles. The number of nitrogens with one attached hydrogen (secondary N) is 1. The normalized spacial score (nSPS) is 12.1. The van der Waals surface area contributed by atoms with Gasteiger partial charge in [-0.05, 0) is 12.1 Å². The maximum atomic E-state index is 13.9. The van der Waals surface area contributed by atoms with Gasteiger partial charge in [-0.2, -0.15) is 10.4 Å². The zero-order valence-electron chi connectivity index (χ0n) is 13.7. The van der Waals surface area contributed by atoms with Crippen LogP contribution in [0.3, 0.4) is 0 Å². The number of nitrogens with zero attached hydrogens (tertiary/aromatic N) is 4. The fraction of sp³-hybridized carbons (Fsp3) is 0.176. The summed E-state index contributed by atoms with van der Waals surface area (Å²) in [6.07, 6.45) is 5.17. The first-order chi connectivity index (χ1) is 12.9. The van der Waals surface area contributed by atoms with E-state index in [0.717, 1.165) is 23.0 Å². The molecule has 10 heteroatoms. The second kappa shape index (κ2) is 7.55. The number of amides is 1. The fourth-order valence-corrected chi connectivity index (χ4v) is 2.47. The molecule has 1 saturated carbocycles. The van der Waals surface area contributed by atoms with Crippen molar-refractivity contribution < 1.29 is 18.7 Å². The largest absolute Gasteiger partial charge is 0.465 e. The number of halogens is 3. The number of pyridine rings is 1. The molecule has 1 aromatic carbocycles. The quantitative estimate of drug-likeness (QED) is 0.670. The molecule has 0 saturated heterocycles. The summed E-state index contributed by atoms with van der Waals surface area (Å²) in [5.74, 6) is -1.64. The van der Waals surface area contributed by atoms with Crippen LogP contribution in [0.4, 0.5) is 19.4 Å². The molecule has 3 aromatic rings. The van der Waals surface area contributed by atoms with Crippen molar-refractivity contribution in [2.45, 2.75) is 19.3 Å². The van der Waals surface area contributed by atoms with E-state index in [-0.39, 0.29) is 33.0 Å². The average molecular weight is 392 g/mol. The Hall–Kier alpha value is -3.25. The van der Waals surface area contributed by atoms with Crippen molar-refractivity contribution in [3.8, 4) is 11.8 Å². The summed E-state index contributed by atoms with van der Waals surface area (Å²) in [6, 6.07) is 3.72. The molecule has 1 aliphatic carbocycles. The number of hydrogen-bond donors (Lipinski definition) is 2. The Bertz CT molecular complexity index is 1070. The minimum Gasteiger partial charge on any atom is -0.465 e. The van der Waals surface area contributed by atoms with Crippen molar-refractivity contribution in [1.82, 2.24) is 14.8 Å². The fourth-order valence-electron chi connectivity index (χ4n) is 2.18. The predicted molar refractivity (Wildman–Crippen MR) is 94.0 cm³/mol. The lowest BCUT2D eigenvalue weighted by atomic mass is 10.2. The van der Waals surface area contributed by atoms with Gasteiger partial charge in [0.05, 0.1) is 22.2 Å². The van der Waals surface area contributed by atoms with Crippen molar-refractivity contribution >= 4 is 34.4 Å². The zero-order valence-corrected chi connectivity index (χ0v) is 14.5. The van der Waals surface area contributed by atoms with Gasteiger partial charge in [0.2, 0.25) is 0 Å². The highest BCUT2D eigenvalue weighted by Gasteiger charge is 2.18. The van der Waals surface area contributed by atoms with Crippen molar-refractivity contribution in [2.75, 3.05) is 5.32 Å². The molecule has 1 aliphatic rings. The van der Waals surface area contributed by atoms with Crippen molar-refractivity contribution in [3.63, 3.8) is 0 Å². The first kappa shape index (κ1) is 18.5. The Balaban J connectivity index is 0.000000637. The third kappa shape index (κ3) is 4.12. The highest BCUT2D eigenvalue weighted by molar-refractivity contribution is 6.32. The van der Waals surface area contributed by atoms with E-state index in [1.165, 1.54) is 25.5 Å². The summed E-state index contributed by atoms with van der Waals surface area (Å²) in [4.78, 5) is 14.4. The number of rotatable bonds is 2. The molecule has 4 rings (SSSR count). The van der Waals surface area contributed by atoms with Crippen molar-refractivity contribution in [3.05, 3.63) is 46.7 Å². The lowest BCUT2D eigenvalue weighted by molar-refractivity contribution is 0.209. The van der Waals surface area contributed by atoms with Crippen LogP contribution in [-0.4, -0.2) is 26.0 Å². The van der Waals surface area contributed by atoms with E-state index in [0.29, 0.717) is 0 Å². The SMILES string of the molecule is C1CC1.N#Cc1cc(F)cc(Cl)c1-n1cc2c(NC(=O)O)ncc(F)c2n1. The summed E-state index contributed by atoms with van der Waals surface area (Å²) in [5.41, 5.74) is -0.260. The van der Waals surface area contributed by atoms with Crippen LogP contribution in [0.5, 0.6) is 0 Å². The molecule has 0 aliphatic heterocycles. The van der Waals surface area contributed by atoms with Crippen molar-refractivity contribution in [1.29, 1.82) is 5.26 Å². The van der Waals surface area contributed by atoms with Crippen LogP contribution >= 0.6 is 11.6 Å². The summed E-state index contributed by atoms with van der Waals surface area (Å²) in [7, 11) is 0. The highest BCUT2D eigenvalue weighted by atomic mass is 35.5. The van der Waals surface area contributed by atoms with Crippen LogP contribution in [0.15, 0.2) is 24.5 Å². The van der Waals surface area contributed by atoms with Gasteiger partial charge in [-0.1, -0.05) is 30.9 Å². The molecule has 0 spiro atoms. The summed E-state index contributed by atoms with van der Waals surface area (Å²) >= 11 is 5.97. The van der Waals surface area contributed by atoms with Crippen LogP contribution in [-0.2, 0) is 0 Å². The number of anilines is 1. The van der Waals surface area contributed by atoms with Gasteiger partial charge in [0.1, 0.15) is 28.9 Å². The van der Waals surface area contributed by atoms with E-state index >= 15 is 0 Å². The molecule has 2 N–H and O–H groups in total. The van der Waals surface area contributed by atoms with Gasteiger partial charge in [0, 0.05) is 6.20 Å². The van der Waals surface area contributed by atoms with Crippen molar-refractivity contribution in [2.24, 2.45) is 0 Å². The molecule has 0 atom stereocenters. The standard InChI is InChI=1S/C14H6ClF2N5O2.C3H6/c15-9-2-7(16)1-6(3-18)12(9)22-5-8-11(21-22)10(17)4-19-13(8)20-14(23)24;1-2-3-1/h1-2,4-5H,(H,19,20)(H,23,24);1-3H2. The molecule has 27 heavy (non-hydrogen) atoms. The monoisotopic (exact) mass is 391 g/mol. The van der Waals surface area contributed by atoms with Crippen LogP contribution < -0.4 is 5.32 Å². The molecule has 1 amide bonds. The Morgan fingerprint density at radius 2 is 2.04 bits per heavy atom. The number of aromatic nitrogens is 3. The number of nitriles is 1. The van der Waals surface area contributed by atoms with E-state index in [1.54, 1.807) is 6.07 Å². The van der Waals surface area contributed by atoms with E-state index in [1.807, 2.05) is 5.32 Å². The molecule has 2 heterocycles. The third-order valence-electron chi connectivity index (χ3n) is 3.46. The van der Waals surface area contributed by atoms with Crippen LogP contribution in [0, 0.1) is 23.0 Å². The molecule has 0 unspecified atom stereocenters. The van der Waals surface area contributed by atoms with Gasteiger partial charge in [0.25, 0.3) is 0 Å². The van der Waals surface area contributed by atoms with E-state index in [4.69, 9.17) is 22.0 Å². The number of carboxylic acid groups (broad SMARTS) is 1. The summed E-state index contributed by atoms with van der Waals surface area (Å²) in [6.45, 7) is 0. The molecular weight excluding hydrogens is 380 g/mol. The van der Waals surface area contributed by atoms with Gasteiger partial charge >= 0.3 is 6.09 Å². The number of fused-ring (bicyclic) bond motifs is 1. The van der Waals surface area contributed by atoms with E-state index < -0.39 is 17.7 Å². The van der Waals surface area contributed by atoms with E-state index in [9.17, 15) is 13.6 Å². The predicted octanol–water partition coefficient (Wildman–Crippen LogP) is 4.48. The lowest BCUT2D eigenvalue weighted by Gasteiger charge is -2.06. The average Bonchev–Trinajstić information content (AvgIpc) is 3.42. The van der Waals surface area contributed by atoms with Gasteiger partial charge in [-0.15, -0.1) is 0 Å². The van der Waals surface area contributed by atoms with Gasteiger partial charge < -0.3 is 5.11 Å². The second-order valence-electron chi connectivity index (χ2n) is 5.68. The molecule has 7 nitrogen and oxygen atoms in total. The smallest absolute Gasteiger partial charge is 0.410 e. The topological polar surface area (TPSA) is 104 Å². The molecular formula is C17H12ClF2N5O2. The number of carbonyl (C=O) groups is 1. The second-order valence-corrected chi connectivity index (χ2v) is 6.08. The van der Waals surface area contributed by atoms with E-state index in [2.05, 4.69) is 10.1 Å². The summed E-state index contributed by atoms with van der Waals surface area (Å²) in [5, 5.41) is 23.9. The van der Waals surface area contributed by atoms with Crippen LogP contribution in [0.25, 0.3) is 16.6 Å². The van der Waals surface area contributed by atoms with Gasteiger partial charge in [-0.3, -0.25) is 5.32 Å². The van der Waals surface area contributed by atoms with Crippen LogP contribution in [0.2, 0.25) is 5.02 Å². The molecule has 138 valence electrons. The number of benzene rings is 1. The van der Waals surface area contributed by atoms with Gasteiger partial charge in [0.15, 0.2) is 5.82 Å². The first-order valence-electron chi connectivity index (χ1n) is 7.84. The first-order valence-corrected chi connectivity index (χ1v) is 8.22. The molecule has 1 fully saturated rings. The maximum Gasteiger partial charge on any atom is 0.410 e. The number of hydrogen-bond acceptors (Lipinski definition) is 4. The lowest BCUT2D eigenvalue weighted by Crippen LogP contribution is -2.09. The Kier molecular flexibility index (Phi) is 5.19. The third-order valence-corrected chi connectivity index (χ3v) is 3.75. The van der Waals surface area contributed by atoms with Crippen LogP contribution in [0.1, 0.15) is 24.8 Å². The minimum absolute atomic E-state index is 0.0393. The Morgan fingerprint density at radius 1 is 1.33 bits per heavy atom. The Morgan fingerprint density at radius 3 is 2.63 bits per heavy atom.